The van der Waals surface area contributed by atoms with Crippen LogP contribution in [0.15, 0.2) is 24.3 Å². The first-order chi connectivity index (χ1) is 9.99. The molecular weight excluding hydrogens is 279 g/mol. The summed E-state index contributed by atoms with van der Waals surface area (Å²) in [6.07, 6.45) is 0. The third-order valence-corrected chi connectivity index (χ3v) is 3.43. The van der Waals surface area contributed by atoms with Gasteiger partial charge < -0.3 is 20.5 Å². The number of benzene rings is 1. The minimum Gasteiger partial charge on any atom is -0.481 e. The molecule has 0 aromatic heterocycles. The SMILES string of the molecule is CC(NC(=O)NC1COCC1C(=O)O)c1ccccc1F. The van der Waals surface area contributed by atoms with Crippen molar-refractivity contribution in [3.05, 3.63) is 35.6 Å². The molecule has 1 aromatic carbocycles. The number of carboxylic acids is 1. The van der Waals surface area contributed by atoms with Crippen LogP contribution in [-0.2, 0) is 9.53 Å². The zero-order valence-corrected chi connectivity index (χ0v) is 11.5. The first kappa shape index (κ1) is 15.2. The Balaban J connectivity index is 1.93. The Labute approximate surface area is 121 Å². The van der Waals surface area contributed by atoms with Gasteiger partial charge in [-0.05, 0) is 13.0 Å². The molecule has 3 unspecified atom stereocenters. The average molecular weight is 296 g/mol. The molecule has 1 aromatic rings. The van der Waals surface area contributed by atoms with Gasteiger partial charge in [0, 0.05) is 5.56 Å². The molecule has 2 amide bonds. The van der Waals surface area contributed by atoms with E-state index in [4.69, 9.17) is 9.84 Å². The van der Waals surface area contributed by atoms with Crippen molar-refractivity contribution in [2.45, 2.75) is 19.0 Å². The summed E-state index contributed by atoms with van der Waals surface area (Å²) >= 11 is 0. The number of ether oxygens (including phenoxy) is 1. The monoisotopic (exact) mass is 296 g/mol. The Bertz CT molecular complexity index is 537. The highest BCUT2D eigenvalue weighted by atomic mass is 19.1. The predicted octanol–water partition coefficient (Wildman–Crippen LogP) is 1.29. The largest absolute Gasteiger partial charge is 0.481 e. The summed E-state index contributed by atoms with van der Waals surface area (Å²) in [6.45, 7) is 1.87. The number of hydrogen-bond donors (Lipinski definition) is 3. The number of hydrogen-bond acceptors (Lipinski definition) is 3. The minimum atomic E-state index is -1.01. The van der Waals surface area contributed by atoms with Gasteiger partial charge in [-0.15, -0.1) is 0 Å². The Kier molecular flexibility index (Phi) is 4.74. The van der Waals surface area contributed by atoms with Gasteiger partial charge >= 0.3 is 12.0 Å². The fourth-order valence-corrected chi connectivity index (χ4v) is 2.25. The van der Waals surface area contributed by atoms with Crippen LogP contribution >= 0.6 is 0 Å². The third-order valence-electron chi connectivity index (χ3n) is 3.43. The van der Waals surface area contributed by atoms with Crippen LogP contribution in [0.1, 0.15) is 18.5 Å². The van der Waals surface area contributed by atoms with Crippen LogP contribution < -0.4 is 10.6 Å². The predicted molar refractivity (Wildman–Crippen MR) is 72.2 cm³/mol. The smallest absolute Gasteiger partial charge is 0.315 e. The van der Waals surface area contributed by atoms with Gasteiger partial charge in [0.25, 0.3) is 0 Å². The molecule has 1 saturated heterocycles. The number of aliphatic carboxylic acids is 1. The van der Waals surface area contributed by atoms with E-state index in [9.17, 15) is 14.0 Å². The van der Waals surface area contributed by atoms with Crippen LogP contribution in [0.4, 0.5) is 9.18 Å². The second-order valence-corrected chi connectivity index (χ2v) is 4.95. The van der Waals surface area contributed by atoms with Gasteiger partial charge in [-0.1, -0.05) is 18.2 Å². The summed E-state index contributed by atoms with van der Waals surface area (Å²) in [5.41, 5.74) is 0.366. The number of carboxylic acid groups (broad SMARTS) is 1. The first-order valence-corrected chi connectivity index (χ1v) is 6.61. The molecule has 0 saturated carbocycles. The molecular formula is C14H17FN2O4. The maximum absolute atomic E-state index is 13.6. The lowest BCUT2D eigenvalue weighted by atomic mass is 10.0. The van der Waals surface area contributed by atoms with Crippen LogP contribution in [0.5, 0.6) is 0 Å². The molecule has 0 spiro atoms. The highest BCUT2D eigenvalue weighted by Crippen LogP contribution is 2.17. The molecule has 7 heteroatoms. The van der Waals surface area contributed by atoms with E-state index in [0.717, 1.165) is 0 Å². The van der Waals surface area contributed by atoms with Crippen molar-refractivity contribution in [1.82, 2.24) is 10.6 Å². The zero-order valence-electron chi connectivity index (χ0n) is 11.5. The van der Waals surface area contributed by atoms with Gasteiger partial charge in [-0.25, -0.2) is 9.18 Å². The molecule has 1 aliphatic heterocycles. The lowest BCUT2D eigenvalue weighted by Crippen LogP contribution is -2.47. The van der Waals surface area contributed by atoms with Gasteiger partial charge in [0.1, 0.15) is 11.7 Å². The zero-order chi connectivity index (χ0) is 15.4. The highest BCUT2D eigenvalue weighted by molar-refractivity contribution is 5.77. The summed E-state index contributed by atoms with van der Waals surface area (Å²) < 4.78 is 18.7. The third kappa shape index (κ3) is 3.69. The number of nitrogens with one attached hydrogen (secondary N) is 2. The second kappa shape index (κ2) is 6.53. The van der Waals surface area contributed by atoms with E-state index in [1.807, 2.05) is 0 Å². The molecule has 1 fully saturated rings. The molecule has 6 nitrogen and oxygen atoms in total. The molecule has 2 rings (SSSR count). The number of amides is 2. The van der Waals surface area contributed by atoms with Crippen molar-refractivity contribution in [1.29, 1.82) is 0 Å². The van der Waals surface area contributed by atoms with Gasteiger partial charge in [0.2, 0.25) is 0 Å². The Morgan fingerprint density at radius 3 is 2.76 bits per heavy atom. The van der Waals surface area contributed by atoms with Gasteiger partial charge in [0.05, 0.1) is 25.3 Å². The van der Waals surface area contributed by atoms with E-state index >= 15 is 0 Å². The molecule has 1 heterocycles. The Hall–Kier alpha value is -2.15. The summed E-state index contributed by atoms with van der Waals surface area (Å²) in [7, 11) is 0. The molecule has 1 aliphatic rings. The fraction of sp³-hybridized carbons (Fsp3) is 0.429. The summed E-state index contributed by atoms with van der Waals surface area (Å²) in [5, 5.41) is 14.1. The van der Waals surface area contributed by atoms with E-state index in [0.29, 0.717) is 5.56 Å². The van der Waals surface area contributed by atoms with Crippen molar-refractivity contribution in [3.8, 4) is 0 Å². The Morgan fingerprint density at radius 2 is 2.10 bits per heavy atom. The highest BCUT2D eigenvalue weighted by Gasteiger charge is 2.35. The molecule has 0 bridgehead atoms. The fourth-order valence-electron chi connectivity index (χ4n) is 2.25. The van der Waals surface area contributed by atoms with Gasteiger partial charge in [0.15, 0.2) is 0 Å². The minimum absolute atomic E-state index is 0.0726. The number of carbonyl (C=O) groups is 2. The molecule has 0 radical (unpaired) electrons. The molecule has 21 heavy (non-hydrogen) atoms. The normalized spacial score (nSPS) is 22.6. The van der Waals surface area contributed by atoms with Crippen molar-refractivity contribution < 1.29 is 23.8 Å². The van der Waals surface area contributed by atoms with Crippen LogP contribution in [0.25, 0.3) is 0 Å². The summed E-state index contributed by atoms with van der Waals surface area (Å²) in [6, 6.07) is 4.48. The standard InChI is InChI=1S/C14H17FN2O4/c1-8(9-4-2-3-5-11(9)15)16-14(20)17-12-7-21-6-10(12)13(18)19/h2-5,8,10,12H,6-7H2,1H3,(H,18,19)(H2,16,17,20). The van der Waals surface area contributed by atoms with Crippen LogP contribution in [0.3, 0.4) is 0 Å². The maximum atomic E-state index is 13.6. The van der Waals surface area contributed by atoms with Crippen molar-refractivity contribution in [2.75, 3.05) is 13.2 Å². The molecule has 114 valence electrons. The molecule has 3 atom stereocenters. The second-order valence-electron chi connectivity index (χ2n) is 4.95. The molecule has 0 aliphatic carbocycles. The van der Waals surface area contributed by atoms with Crippen LogP contribution in [0.2, 0.25) is 0 Å². The summed E-state index contributed by atoms with van der Waals surface area (Å²) in [4.78, 5) is 22.8. The van der Waals surface area contributed by atoms with Crippen molar-refractivity contribution in [3.63, 3.8) is 0 Å². The lowest BCUT2D eigenvalue weighted by molar-refractivity contribution is -0.142. The average Bonchev–Trinajstić information content (AvgIpc) is 2.87. The maximum Gasteiger partial charge on any atom is 0.315 e. The lowest BCUT2D eigenvalue weighted by Gasteiger charge is -2.19. The van der Waals surface area contributed by atoms with E-state index in [1.165, 1.54) is 6.07 Å². The van der Waals surface area contributed by atoms with Gasteiger partial charge in [-0.3, -0.25) is 4.79 Å². The summed E-state index contributed by atoms with van der Waals surface area (Å²) in [5.74, 6) is -2.18. The van der Waals surface area contributed by atoms with Crippen LogP contribution in [-0.4, -0.2) is 36.4 Å². The number of rotatable bonds is 4. The Morgan fingerprint density at radius 1 is 1.38 bits per heavy atom. The van der Waals surface area contributed by atoms with E-state index in [2.05, 4.69) is 10.6 Å². The van der Waals surface area contributed by atoms with E-state index in [-0.39, 0.29) is 13.2 Å². The van der Waals surface area contributed by atoms with E-state index < -0.39 is 35.8 Å². The quantitative estimate of drug-likeness (QED) is 0.781. The number of halogens is 1. The first-order valence-electron chi connectivity index (χ1n) is 6.61. The molecule has 3 N–H and O–H groups in total. The van der Waals surface area contributed by atoms with Crippen molar-refractivity contribution >= 4 is 12.0 Å². The van der Waals surface area contributed by atoms with Crippen molar-refractivity contribution in [2.24, 2.45) is 5.92 Å². The topological polar surface area (TPSA) is 87.7 Å². The van der Waals surface area contributed by atoms with Crippen LogP contribution in [0, 0.1) is 11.7 Å². The van der Waals surface area contributed by atoms with E-state index in [1.54, 1.807) is 25.1 Å². The van der Waals surface area contributed by atoms with Gasteiger partial charge in [-0.2, -0.15) is 0 Å². The number of carbonyl (C=O) groups excluding carboxylic acids is 1. The number of urea groups is 1.